The van der Waals surface area contributed by atoms with E-state index in [1.54, 1.807) is 31.2 Å². The van der Waals surface area contributed by atoms with Gasteiger partial charge in [0.1, 0.15) is 12.4 Å². The summed E-state index contributed by atoms with van der Waals surface area (Å²) in [5.41, 5.74) is 1.87. The standard InChI is InChI=1S/C18H19F2NO4/c1-11-6-7-16(13(8-11)17(19)20)25-10-14-12(9-22)4-3-5-15(14)21-18(23)24-2/h3-8,17,22H,9-10H2,1-2H3,(H,21,23). The summed E-state index contributed by atoms with van der Waals surface area (Å²) in [6, 6.07) is 9.43. The van der Waals surface area contributed by atoms with Gasteiger partial charge in [0.25, 0.3) is 6.43 Å². The number of benzene rings is 2. The molecule has 0 saturated heterocycles. The van der Waals surface area contributed by atoms with Crippen LogP contribution in [0.3, 0.4) is 0 Å². The number of carbonyl (C=O) groups is 1. The number of alkyl halides is 2. The quantitative estimate of drug-likeness (QED) is 0.819. The molecule has 0 radical (unpaired) electrons. The first-order chi connectivity index (χ1) is 12.0. The molecule has 0 spiro atoms. The van der Waals surface area contributed by atoms with Gasteiger partial charge in [-0.15, -0.1) is 0 Å². The molecule has 0 unspecified atom stereocenters. The Hall–Kier alpha value is -2.67. The van der Waals surface area contributed by atoms with Crippen LogP contribution in [0.4, 0.5) is 19.3 Å². The summed E-state index contributed by atoms with van der Waals surface area (Å²) >= 11 is 0. The van der Waals surface area contributed by atoms with E-state index in [1.165, 1.54) is 19.2 Å². The summed E-state index contributed by atoms with van der Waals surface area (Å²) in [6.07, 6.45) is -3.35. The van der Waals surface area contributed by atoms with Gasteiger partial charge in [0.15, 0.2) is 0 Å². The number of nitrogens with one attached hydrogen (secondary N) is 1. The number of aryl methyl sites for hydroxylation is 1. The molecule has 2 rings (SSSR count). The molecular formula is C18H19F2NO4. The Morgan fingerprint density at radius 3 is 2.68 bits per heavy atom. The second-order valence-corrected chi connectivity index (χ2v) is 5.35. The summed E-state index contributed by atoms with van der Waals surface area (Å²) < 4.78 is 36.5. The van der Waals surface area contributed by atoms with Gasteiger partial charge >= 0.3 is 6.09 Å². The maximum atomic E-state index is 13.2. The molecule has 0 aliphatic carbocycles. The van der Waals surface area contributed by atoms with Crippen LogP contribution in [0.1, 0.15) is 28.7 Å². The van der Waals surface area contributed by atoms with E-state index >= 15 is 0 Å². The van der Waals surface area contributed by atoms with Crippen LogP contribution in [0.15, 0.2) is 36.4 Å². The number of anilines is 1. The van der Waals surface area contributed by atoms with Gasteiger partial charge in [-0.3, -0.25) is 5.32 Å². The molecule has 2 aromatic carbocycles. The molecule has 0 saturated carbocycles. The molecule has 25 heavy (non-hydrogen) atoms. The van der Waals surface area contributed by atoms with E-state index in [1.807, 2.05) is 0 Å². The SMILES string of the molecule is COC(=O)Nc1cccc(CO)c1COc1ccc(C)cc1C(F)F. The van der Waals surface area contributed by atoms with Crippen LogP contribution in [0.2, 0.25) is 0 Å². The summed E-state index contributed by atoms with van der Waals surface area (Å²) in [5, 5.41) is 12.0. The lowest BCUT2D eigenvalue weighted by molar-refractivity contribution is 0.144. The number of amides is 1. The second-order valence-electron chi connectivity index (χ2n) is 5.35. The van der Waals surface area contributed by atoms with Crippen molar-refractivity contribution in [2.75, 3.05) is 12.4 Å². The van der Waals surface area contributed by atoms with Crippen LogP contribution in [0.5, 0.6) is 5.75 Å². The van der Waals surface area contributed by atoms with Crippen LogP contribution in [0, 0.1) is 6.92 Å². The predicted molar refractivity (Wildman–Crippen MR) is 88.9 cm³/mol. The number of halogens is 2. The minimum absolute atomic E-state index is 0.0531. The van der Waals surface area contributed by atoms with Gasteiger partial charge in [0, 0.05) is 5.56 Å². The Morgan fingerprint density at radius 2 is 2.04 bits per heavy atom. The van der Waals surface area contributed by atoms with Crippen LogP contribution < -0.4 is 10.1 Å². The van der Waals surface area contributed by atoms with E-state index in [-0.39, 0.29) is 24.5 Å². The average Bonchev–Trinajstić information content (AvgIpc) is 2.60. The number of hydrogen-bond donors (Lipinski definition) is 2. The van der Waals surface area contributed by atoms with Crippen molar-refractivity contribution in [3.8, 4) is 5.75 Å². The first-order valence-corrected chi connectivity index (χ1v) is 7.54. The van der Waals surface area contributed by atoms with Crippen molar-refractivity contribution >= 4 is 11.8 Å². The van der Waals surface area contributed by atoms with Gasteiger partial charge in [0.2, 0.25) is 0 Å². The van der Waals surface area contributed by atoms with Gasteiger partial charge in [-0.2, -0.15) is 0 Å². The molecule has 0 aliphatic rings. The van der Waals surface area contributed by atoms with Gasteiger partial charge in [-0.05, 0) is 30.7 Å². The molecule has 0 atom stereocenters. The molecule has 0 fully saturated rings. The molecule has 0 bridgehead atoms. The number of hydrogen-bond acceptors (Lipinski definition) is 4. The number of aliphatic hydroxyl groups is 1. The van der Waals surface area contributed by atoms with Gasteiger partial charge in [-0.25, -0.2) is 13.6 Å². The van der Waals surface area contributed by atoms with Gasteiger partial charge in [0.05, 0.1) is 25.0 Å². The largest absolute Gasteiger partial charge is 0.488 e. The fraction of sp³-hybridized carbons (Fsp3) is 0.278. The Labute approximate surface area is 144 Å². The lowest BCUT2D eigenvalue weighted by Crippen LogP contribution is -2.14. The van der Waals surface area contributed by atoms with Crippen molar-refractivity contribution in [3.05, 3.63) is 58.7 Å². The van der Waals surface area contributed by atoms with Crippen molar-refractivity contribution in [2.24, 2.45) is 0 Å². The maximum Gasteiger partial charge on any atom is 0.411 e. The summed E-state index contributed by atoms with van der Waals surface area (Å²) in [7, 11) is 1.22. The third-order valence-electron chi connectivity index (χ3n) is 3.64. The lowest BCUT2D eigenvalue weighted by Gasteiger charge is -2.17. The molecular weight excluding hydrogens is 332 g/mol. The van der Waals surface area contributed by atoms with Crippen LogP contribution in [-0.2, 0) is 18.0 Å². The van der Waals surface area contributed by atoms with Crippen LogP contribution in [-0.4, -0.2) is 18.3 Å². The summed E-state index contributed by atoms with van der Waals surface area (Å²) in [6.45, 7) is 1.33. The molecule has 5 nitrogen and oxygen atoms in total. The molecule has 0 aromatic heterocycles. The van der Waals surface area contributed by atoms with Crippen LogP contribution in [0.25, 0.3) is 0 Å². The molecule has 1 amide bonds. The van der Waals surface area contributed by atoms with Crippen molar-refractivity contribution in [3.63, 3.8) is 0 Å². The number of ether oxygens (including phenoxy) is 2. The summed E-state index contributed by atoms with van der Waals surface area (Å²) in [5.74, 6) is 0.0531. The zero-order chi connectivity index (χ0) is 18.4. The van der Waals surface area contributed by atoms with Crippen molar-refractivity contribution in [1.82, 2.24) is 0 Å². The second kappa shape index (κ2) is 8.43. The Bertz CT molecular complexity index is 750. The third-order valence-corrected chi connectivity index (χ3v) is 3.64. The first kappa shape index (κ1) is 18.7. The lowest BCUT2D eigenvalue weighted by atomic mass is 10.1. The van der Waals surface area contributed by atoms with Crippen LogP contribution >= 0.6 is 0 Å². The summed E-state index contributed by atoms with van der Waals surface area (Å²) in [4.78, 5) is 11.5. The zero-order valence-electron chi connectivity index (χ0n) is 13.9. The zero-order valence-corrected chi connectivity index (χ0v) is 13.9. The predicted octanol–water partition coefficient (Wildman–Crippen LogP) is 4.18. The average molecular weight is 351 g/mol. The molecule has 0 aliphatic heterocycles. The number of aliphatic hydroxyl groups excluding tert-OH is 1. The van der Waals surface area contributed by atoms with Crippen molar-refractivity contribution in [1.29, 1.82) is 0 Å². The van der Waals surface area contributed by atoms with E-state index in [2.05, 4.69) is 10.1 Å². The fourth-order valence-electron chi connectivity index (χ4n) is 2.35. The third kappa shape index (κ3) is 4.67. The molecule has 0 heterocycles. The highest BCUT2D eigenvalue weighted by Crippen LogP contribution is 2.31. The number of methoxy groups -OCH3 is 1. The normalized spacial score (nSPS) is 10.6. The maximum absolute atomic E-state index is 13.2. The fourth-order valence-corrected chi connectivity index (χ4v) is 2.35. The smallest absolute Gasteiger partial charge is 0.411 e. The minimum Gasteiger partial charge on any atom is -0.488 e. The first-order valence-electron chi connectivity index (χ1n) is 7.54. The Kier molecular flexibility index (Phi) is 6.30. The van der Waals surface area contributed by atoms with Gasteiger partial charge < -0.3 is 14.6 Å². The van der Waals surface area contributed by atoms with Gasteiger partial charge in [-0.1, -0.05) is 23.8 Å². The van der Waals surface area contributed by atoms with E-state index in [9.17, 15) is 18.7 Å². The van der Waals surface area contributed by atoms with E-state index in [4.69, 9.17) is 4.74 Å². The highest BCUT2D eigenvalue weighted by Gasteiger charge is 2.16. The molecule has 2 aromatic rings. The van der Waals surface area contributed by atoms with E-state index < -0.39 is 12.5 Å². The Morgan fingerprint density at radius 1 is 1.28 bits per heavy atom. The highest BCUT2D eigenvalue weighted by atomic mass is 19.3. The number of carbonyl (C=O) groups excluding carboxylic acids is 1. The minimum atomic E-state index is -2.67. The Balaban J connectivity index is 2.30. The molecule has 7 heteroatoms. The van der Waals surface area contributed by atoms with Crippen molar-refractivity contribution < 1.29 is 28.2 Å². The number of rotatable bonds is 6. The van der Waals surface area contributed by atoms with E-state index in [0.717, 1.165) is 0 Å². The molecule has 134 valence electrons. The topological polar surface area (TPSA) is 67.8 Å². The monoisotopic (exact) mass is 351 g/mol. The van der Waals surface area contributed by atoms with E-state index in [0.29, 0.717) is 22.4 Å². The molecule has 2 N–H and O–H groups in total. The van der Waals surface area contributed by atoms with Crippen molar-refractivity contribution in [2.45, 2.75) is 26.6 Å². The highest BCUT2D eigenvalue weighted by molar-refractivity contribution is 5.85.